The van der Waals surface area contributed by atoms with Crippen LogP contribution in [0.1, 0.15) is 84.0 Å². The first-order valence-electron chi connectivity index (χ1n) is 8.84. The molecule has 0 aromatic heterocycles. The molecule has 0 aromatic rings. The van der Waals surface area contributed by atoms with Crippen molar-refractivity contribution in [3.8, 4) is 0 Å². The Labute approximate surface area is 132 Å². The Morgan fingerprint density at radius 3 is 2.14 bits per heavy atom. The van der Waals surface area contributed by atoms with Crippen LogP contribution in [0.25, 0.3) is 0 Å². The molecule has 0 bridgehead atoms. The minimum atomic E-state index is -0.600. The first-order chi connectivity index (χ1) is 10.2. The Morgan fingerprint density at radius 1 is 0.810 bits per heavy atom. The zero-order valence-electron chi connectivity index (χ0n) is 14.0. The Kier molecular flexibility index (Phi) is 15.3. The first kappa shape index (κ1) is 20.4. The molecule has 2 N–H and O–H groups in total. The summed E-state index contributed by atoms with van der Waals surface area (Å²) in [5.74, 6) is 0. The van der Waals surface area contributed by atoms with E-state index in [1.54, 1.807) is 0 Å². The highest BCUT2D eigenvalue weighted by molar-refractivity contribution is 4.86. The van der Waals surface area contributed by atoms with Crippen LogP contribution in [-0.2, 0) is 0 Å². The average molecular weight is 296 g/mol. The maximum absolute atomic E-state index is 9.83. The van der Waals surface area contributed by atoms with Crippen molar-refractivity contribution >= 4 is 0 Å². The Morgan fingerprint density at radius 2 is 1.48 bits per heavy atom. The summed E-state index contributed by atoms with van der Waals surface area (Å²) in [7, 11) is 0. The van der Waals surface area contributed by atoms with Gasteiger partial charge in [-0.1, -0.05) is 63.7 Å². The van der Waals surface area contributed by atoms with Gasteiger partial charge in [0.25, 0.3) is 0 Å². The Balaban J connectivity index is 3.42. The SMILES string of the molecule is C=CCCCCCCC/C=C\C[C@H](O)[C@@H](O)CCCCC. The number of hydrogen-bond acceptors (Lipinski definition) is 2. The standard InChI is InChI=1S/C19H36O2/c1-3-5-7-8-9-10-11-12-13-15-17-19(21)18(20)16-14-6-4-2/h3,13,15,18-21H,1,4-12,14,16-17H2,2H3/b15-13-/t18-,19-/m0/s1. The van der Waals surface area contributed by atoms with Gasteiger partial charge in [-0.15, -0.1) is 6.58 Å². The van der Waals surface area contributed by atoms with Crippen molar-refractivity contribution in [3.63, 3.8) is 0 Å². The summed E-state index contributed by atoms with van der Waals surface area (Å²) >= 11 is 0. The van der Waals surface area contributed by atoms with Gasteiger partial charge in [0.1, 0.15) is 0 Å². The van der Waals surface area contributed by atoms with Crippen molar-refractivity contribution < 1.29 is 10.2 Å². The van der Waals surface area contributed by atoms with Gasteiger partial charge in [0.15, 0.2) is 0 Å². The van der Waals surface area contributed by atoms with Crippen LogP contribution in [0.3, 0.4) is 0 Å². The van der Waals surface area contributed by atoms with Crippen molar-refractivity contribution in [2.45, 2.75) is 96.2 Å². The molecule has 2 atom stereocenters. The number of allylic oxidation sites excluding steroid dienone is 2. The molecular weight excluding hydrogens is 260 g/mol. The number of aliphatic hydroxyl groups excluding tert-OH is 2. The van der Waals surface area contributed by atoms with Crippen molar-refractivity contribution in [1.82, 2.24) is 0 Å². The second-order valence-corrected chi connectivity index (χ2v) is 5.97. The maximum Gasteiger partial charge on any atom is 0.0833 e. The third kappa shape index (κ3) is 14.1. The van der Waals surface area contributed by atoms with Gasteiger partial charge in [-0.3, -0.25) is 0 Å². The monoisotopic (exact) mass is 296 g/mol. The van der Waals surface area contributed by atoms with Crippen LogP contribution in [0.5, 0.6) is 0 Å². The molecule has 0 radical (unpaired) electrons. The number of unbranched alkanes of at least 4 members (excludes halogenated alkanes) is 8. The minimum absolute atomic E-state index is 0.564. The molecule has 124 valence electrons. The molecule has 0 aliphatic carbocycles. The van der Waals surface area contributed by atoms with E-state index in [1.165, 1.54) is 32.1 Å². The van der Waals surface area contributed by atoms with Crippen molar-refractivity contribution in [2.75, 3.05) is 0 Å². The molecular formula is C19H36O2. The van der Waals surface area contributed by atoms with Crippen LogP contribution in [0.4, 0.5) is 0 Å². The third-order valence-corrected chi connectivity index (χ3v) is 3.87. The van der Waals surface area contributed by atoms with Crippen LogP contribution in [0.15, 0.2) is 24.8 Å². The summed E-state index contributed by atoms with van der Waals surface area (Å²) in [6, 6.07) is 0. The Bertz CT molecular complexity index is 248. The third-order valence-electron chi connectivity index (χ3n) is 3.87. The van der Waals surface area contributed by atoms with E-state index in [9.17, 15) is 10.2 Å². The van der Waals surface area contributed by atoms with E-state index in [-0.39, 0.29) is 0 Å². The van der Waals surface area contributed by atoms with Crippen molar-refractivity contribution in [1.29, 1.82) is 0 Å². The van der Waals surface area contributed by atoms with Gasteiger partial charge in [-0.2, -0.15) is 0 Å². The summed E-state index contributed by atoms with van der Waals surface area (Å²) in [6.45, 7) is 5.87. The lowest BCUT2D eigenvalue weighted by molar-refractivity contribution is 0.0153. The van der Waals surface area contributed by atoms with E-state index < -0.39 is 12.2 Å². The molecule has 0 saturated heterocycles. The highest BCUT2D eigenvalue weighted by Crippen LogP contribution is 2.11. The lowest BCUT2D eigenvalue weighted by Gasteiger charge is -2.15. The summed E-state index contributed by atoms with van der Waals surface area (Å²) in [5.41, 5.74) is 0. The van der Waals surface area contributed by atoms with Crippen LogP contribution in [-0.4, -0.2) is 22.4 Å². The van der Waals surface area contributed by atoms with E-state index in [2.05, 4.69) is 19.6 Å². The van der Waals surface area contributed by atoms with Crippen molar-refractivity contribution in [3.05, 3.63) is 24.8 Å². The fourth-order valence-electron chi connectivity index (χ4n) is 2.39. The number of hydrogen-bond donors (Lipinski definition) is 2. The summed E-state index contributed by atoms with van der Waals surface area (Å²) < 4.78 is 0. The van der Waals surface area contributed by atoms with E-state index in [0.29, 0.717) is 12.8 Å². The lowest BCUT2D eigenvalue weighted by Crippen LogP contribution is -2.25. The molecule has 0 saturated carbocycles. The zero-order valence-corrected chi connectivity index (χ0v) is 14.0. The van der Waals surface area contributed by atoms with E-state index in [4.69, 9.17) is 0 Å². The van der Waals surface area contributed by atoms with Crippen molar-refractivity contribution in [2.24, 2.45) is 0 Å². The predicted octanol–water partition coefficient (Wildman–Crippen LogP) is 5.15. The van der Waals surface area contributed by atoms with Gasteiger partial charge < -0.3 is 10.2 Å². The highest BCUT2D eigenvalue weighted by Gasteiger charge is 2.13. The van der Waals surface area contributed by atoms with Gasteiger partial charge in [0, 0.05) is 0 Å². The van der Waals surface area contributed by atoms with Crippen LogP contribution < -0.4 is 0 Å². The largest absolute Gasteiger partial charge is 0.390 e. The molecule has 0 unspecified atom stereocenters. The van der Waals surface area contributed by atoms with E-state index in [1.807, 2.05) is 12.2 Å². The highest BCUT2D eigenvalue weighted by atomic mass is 16.3. The second-order valence-electron chi connectivity index (χ2n) is 5.97. The van der Waals surface area contributed by atoms with Gasteiger partial charge in [-0.25, -0.2) is 0 Å². The second kappa shape index (κ2) is 15.8. The molecule has 2 nitrogen and oxygen atoms in total. The fourth-order valence-corrected chi connectivity index (χ4v) is 2.39. The van der Waals surface area contributed by atoms with E-state index in [0.717, 1.165) is 32.1 Å². The smallest absolute Gasteiger partial charge is 0.0833 e. The maximum atomic E-state index is 9.83. The van der Waals surface area contributed by atoms with Crippen LogP contribution in [0, 0.1) is 0 Å². The topological polar surface area (TPSA) is 40.5 Å². The van der Waals surface area contributed by atoms with Crippen LogP contribution in [0.2, 0.25) is 0 Å². The summed E-state index contributed by atoms with van der Waals surface area (Å²) in [4.78, 5) is 0. The number of rotatable bonds is 15. The fraction of sp³-hybridized carbons (Fsp3) is 0.789. The summed E-state index contributed by atoms with van der Waals surface area (Å²) in [5, 5.41) is 19.6. The average Bonchev–Trinajstić information content (AvgIpc) is 2.49. The quantitative estimate of drug-likeness (QED) is 0.324. The first-order valence-corrected chi connectivity index (χ1v) is 8.84. The summed E-state index contributed by atoms with van der Waals surface area (Å²) in [6.07, 6.45) is 18.2. The van der Waals surface area contributed by atoms with E-state index >= 15 is 0 Å². The van der Waals surface area contributed by atoms with Crippen LogP contribution >= 0.6 is 0 Å². The Hall–Kier alpha value is -0.600. The normalized spacial score (nSPS) is 14.4. The number of aliphatic hydroxyl groups is 2. The van der Waals surface area contributed by atoms with Gasteiger partial charge in [0.05, 0.1) is 12.2 Å². The molecule has 2 heteroatoms. The molecule has 0 rings (SSSR count). The molecule has 0 heterocycles. The molecule has 0 aromatic carbocycles. The molecule has 0 spiro atoms. The van der Waals surface area contributed by atoms with Gasteiger partial charge in [-0.05, 0) is 38.5 Å². The van der Waals surface area contributed by atoms with Gasteiger partial charge in [0.2, 0.25) is 0 Å². The molecule has 0 fully saturated rings. The molecule has 21 heavy (non-hydrogen) atoms. The lowest BCUT2D eigenvalue weighted by atomic mass is 10.0. The zero-order chi connectivity index (χ0) is 15.8. The molecule has 0 aliphatic rings. The van der Waals surface area contributed by atoms with Gasteiger partial charge >= 0.3 is 0 Å². The predicted molar refractivity (Wildman–Crippen MR) is 92.4 cm³/mol. The molecule has 0 aliphatic heterocycles. The minimum Gasteiger partial charge on any atom is -0.390 e. The molecule has 0 amide bonds.